The highest BCUT2D eigenvalue weighted by Crippen LogP contribution is 2.10. The third-order valence-corrected chi connectivity index (χ3v) is 3.20. The molecule has 4 nitrogen and oxygen atoms in total. The van der Waals surface area contributed by atoms with Crippen LogP contribution in [0.1, 0.15) is 11.7 Å². The molecule has 2 rings (SSSR count). The molecule has 1 aliphatic heterocycles. The van der Waals surface area contributed by atoms with Crippen molar-refractivity contribution in [3.05, 3.63) is 35.9 Å². The fourth-order valence-corrected chi connectivity index (χ4v) is 1.97. The number of hydrogen-bond donors (Lipinski definition) is 2. The average molecular weight is 235 g/mol. The van der Waals surface area contributed by atoms with Crippen LogP contribution in [-0.4, -0.2) is 54.8 Å². The van der Waals surface area contributed by atoms with Crippen molar-refractivity contribution in [3.8, 4) is 0 Å². The number of hydrazine groups is 1. The molecule has 2 N–H and O–H groups in total. The first kappa shape index (κ1) is 12.5. The molecule has 0 spiro atoms. The Bertz CT molecular complexity index is 323. The van der Waals surface area contributed by atoms with E-state index in [1.807, 2.05) is 30.3 Å². The van der Waals surface area contributed by atoms with E-state index < -0.39 is 6.10 Å². The average Bonchev–Trinajstić information content (AvgIpc) is 2.39. The van der Waals surface area contributed by atoms with E-state index in [0.717, 1.165) is 31.7 Å². The molecule has 0 saturated carbocycles. The van der Waals surface area contributed by atoms with Gasteiger partial charge in [-0.2, -0.15) is 0 Å². The van der Waals surface area contributed by atoms with E-state index in [-0.39, 0.29) is 0 Å². The Morgan fingerprint density at radius 3 is 2.47 bits per heavy atom. The van der Waals surface area contributed by atoms with Crippen LogP contribution in [0.15, 0.2) is 30.3 Å². The van der Waals surface area contributed by atoms with Crippen molar-refractivity contribution in [1.29, 1.82) is 0 Å². The van der Waals surface area contributed by atoms with E-state index in [9.17, 15) is 5.11 Å². The van der Waals surface area contributed by atoms with E-state index in [4.69, 9.17) is 0 Å². The molecule has 1 saturated heterocycles. The Morgan fingerprint density at radius 2 is 1.82 bits per heavy atom. The van der Waals surface area contributed by atoms with Crippen molar-refractivity contribution in [2.75, 3.05) is 39.8 Å². The molecule has 94 valence electrons. The van der Waals surface area contributed by atoms with Gasteiger partial charge in [0.2, 0.25) is 0 Å². The minimum Gasteiger partial charge on any atom is -0.387 e. The van der Waals surface area contributed by atoms with Gasteiger partial charge in [0.1, 0.15) is 0 Å². The minimum atomic E-state index is -0.434. The number of benzene rings is 1. The maximum atomic E-state index is 10.0. The van der Waals surface area contributed by atoms with E-state index in [1.165, 1.54) is 0 Å². The number of rotatable bonds is 4. The second kappa shape index (κ2) is 6.12. The van der Waals surface area contributed by atoms with Gasteiger partial charge < -0.3 is 10.0 Å². The molecule has 1 fully saturated rings. The fraction of sp³-hybridized carbons (Fsp3) is 0.538. The van der Waals surface area contributed by atoms with Gasteiger partial charge in [0.05, 0.1) is 6.10 Å². The fourth-order valence-electron chi connectivity index (χ4n) is 1.97. The summed E-state index contributed by atoms with van der Waals surface area (Å²) in [4.78, 5) is 2.31. The monoisotopic (exact) mass is 235 g/mol. The lowest BCUT2D eigenvalue weighted by Crippen LogP contribution is -2.51. The van der Waals surface area contributed by atoms with Crippen LogP contribution in [0.5, 0.6) is 0 Å². The van der Waals surface area contributed by atoms with Crippen LogP contribution in [0, 0.1) is 0 Å². The van der Waals surface area contributed by atoms with Crippen molar-refractivity contribution in [2.45, 2.75) is 6.10 Å². The summed E-state index contributed by atoms with van der Waals surface area (Å²) >= 11 is 0. The lowest BCUT2D eigenvalue weighted by atomic mass is 10.1. The van der Waals surface area contributed by atoms with Gasteiger partial charge >= 0.3 is 0 Å². The Kier molecular flexibility index (Phi) is 4.50. The van der Waals surface area contributed by atoms with E-state index >= 15 is 0 Å². The Morgan fingerprint density at radius 1 is 1.18 bits per heavy atom. The lowest BCUT2D eigenvalue weighted by molar-refractivity contribution is 0.0744. The SMILES string of the molecule is CN1CCN(NCC(O)c2ccccc2)CC1. The first-order chi connectivity index (χ1) is 8.25. The highest BCUT2D eigenvalue weighted by Gasteiger charge is 2.14. The number of hydrogen-bond acceptors (Lipinski definition) is 4. The minimum absolute atomic E-state index is 0.434. The summed E-state index contributed by atoms with van der Waals surface area (Å²) < 4.78 is 0. The zero-order chi connectivity index (χ0) is 12.1. The molecule has 1 aliphatic rings. The van der Waals surface area contributed by atoms with E-state index in [1.54, 1.807) is 0 Å². The van der Waals surface area contributed by atoms with Gasteiger partial charge in [-0.25, -0.2) is 5.01 Å². The molecule has 1 atom stereocenters. The predicted octanol–water partition coefficient (Wildman–Crippen LogP) is 0.472. The van der Waals surface area contributed by atoms with Gasteiger partial charge in [0.15, 0.2) is 0 Å². The largest absolute Gasteiger partial charge is 0.387 e. The van der Waals surface area contributed by atoms with E-state index in [2.05, 4.69) is 22.4 Å². The molecule has 17 heavy (non-hydrogen) atoms. The summed E-state index contributed by atoms with van der Waals surface area (Å²) in [7, 11) is 2.14. The normalized spacial score (nSPS) is 20.4. The van der Waals surface area contributed by atoms with Gasteiger partial charge in [-0.1, -0.05) is 30.3 Å². The molecule has 0 aromatic heterocycles. The summed E-state index contributed by atoms with van der Waals surface area (Å²) in [5.41, 5.74) is 4.26. The van der Waals surface area contributed by atoms with Crippen LogP contribution < -0.4 is 5.43 Å². The van der Waals surface area contributed by atoms with Gasteiger partial charge in [-0.3, -0.25) is 5.43 Å². The molecule has 0 radical (unpaired) electrons. The van der Waals surface area contributed by atoms with Crippen LogP contribution in [0.2, 0.25) is 0 Å². The van der Waals surface area contributed by atoms with Crippen LogP contribution >= 0.6 is 0 Å². The first-order valence-corrected chi connectivity index (χ1v) is 6.16. The summed E-state index contributed by atoms with van der Waals surface area (Å²) in [6.07, 6.45) is -0.434. The lowest BCUT2D eigenvalue weighted by Gasteiger charge is -2.33. The number of aliphatic hydroxyl groups excluding tert-OH is 1. The molecular formula is C13H21N3O. The smallest absolute Gasteiger partial charge is 0.0928 e. The molecule has 0 aliphatic carbocycles. The Hall–Kier alpha value is -0.940. The van der Waals surface area contributed by atoms with Crippen LogP contribution in [0.25, 0.3) is 0 Å². The molecule has 0 amide bonds. The summed E-state index contributed by atoms with van der Waals surface area (Å²) in [5, 5.41) is 12.2. The highest BCUT2D eigenvalue weighted by molar-refractivity contribution is 5.17. The third-order valence-electron chi connectivity index (χ3n) is 3.20. The number of nitrogens with zero attached hydrogens (tertiary/aromatic N) is 2. The number of nitrogens with one attached hydrogen (secondary N) is 1. The van der Waals surface area contributed by atoms with Crippen LogP contribution in [-0.2, 0) is 0 Å². The van der Waals surface area contributed by atoms with Crippen LogP contribution in [0.4, 0.5) is 0 Å². The zero-order valence-electron chi connectivity index (χ0n) is 10.3. The predicted molar refractivity (Wildman–Crippen MR) is 68.5 cm³/mol. The second-order valence-corrected chi connectivity index (χ2v) is 4.58. The molecule has 1 unspecified atom stereocenters. The molecule has 0 bridgehead atoms. The van der Waals surface area contributed by atoms with Crippen molar-refractivity contribution < 1.29 is 5.11 Å². The molecule has 1 aromatic carbocycles. The second-order valence-electron chi connectivity index (χ2n) is 4.58. The Balaban J connectivity index is 1.75. The zero-order valence-corrected chi connectivity index (χ0v) is 10.3. The highest BCUT2D eigenvalue weighted by atomic mass is 16.3. The maximum Gasteiger partial charge on any atom is 0.0928 e. The summed E-state index contributed by atoms with van der Waals surface area (Å²) in [6, 6.07) is 9.78. The Labute approximate surface area is 103 Å². The van der Waals surface area contributed by atoms with E-state index in [0.29, 0.717) is 6.54 Å². The van der Waals surface area contributed by atoms with Gasteiger partial charge in [0.25, 0.3) is 0 Å². The number of piperazine rings is 1. The molecule has 1 heterocycles. The topological polar surface area (TPSA) is 38.7 Å². The van der Waals surface area contributed by atoms with Gasteiger partial charge in [-0.05, 0) is 12.6 Å². The molecular weight excluding hydrogens is 214 g/mol. The van der Waals surface area contributed by atoms with Gasteiger partial charge in [0, 0.05) is 32.7 Å². The molecule has 4 heteroatoms. The number of likely N-dealkylation sites (N-methyl/N-ethyl adjacent to an activating group) is 1. The third kappa shape index (κ3) is 3.78. The van der Waals surface area contributed by atoms with Crippen LogP contribution in [0.3, 0.4) is 0 Å². The molecule has 1 aromatic rings. The number of aliphatic hydroxyl groups is 1. The maximum absolute atomic E-state index is 10.0. The standard InChI is InChI=1S/C13H21N3O/c1-15-7-9-16(10-8-15)14-11-13(17)12-5-3-2-4-6-12/h2-6,13-14,17H,7-11H2,1H3. The summed E-state index contributed by atoms with van der Waals surface area (Å²) in [6.45, 7) is 4.76. The quantitative estimate of drug-likeness (QED) is 0.796. The van der Waals surface area contributed by atoms with Crippen molar-refractivity contribution in [2.24, 2.45) is 0 Å². The van der Waals surface area contributed by atoms with Crippen molar-refractivity contribution >= 4 is 0 Å². The summed E-state index contributed by atoms with van der Waals surface area (Å²) in [5.74, 6) is 0. The first-order valence-electron chi connectivity index (χ1n) is 6.16. The van der Waals surface area contributed by atoms with Gasteiger partial charge in [-0.15, -0.1) is 0 Å². The van der Waals surface area contributed by atoms with Crippen molar-refractivity contribution in [1.82, 2.24) is 15.3 Å². The van der Waals surface area contributed by atoms with Crippen molar-refractivity contribution in [3.63, 3.8) is 0 Å².